The third kappa shape index (κ3) is 6.56. The molecule has 0 aliphatic carbocycles. The van der Waals surface area contributed by atoms with Crippen LogP contribution in [0.3, 0.4) is 0 Å². The normalized spacial score (nSPS) is 16.0. The first-order valence-corrected chi connectivity index (χ1v) is 10.7. The van der Waals surface area contributed by atoms with Gasteiger partial charge in [-0.3, -0.25) is 0 Å². The molecule has 2 N–H and O–H groups in total. The first-order chi connectivity index (χ1) is 14.7. The molecule has 0 amide bonds. The molecule has 1 unspecified atom stereocenters. The van der Waals surface area contributed by atoms with Crippen LogP contribution < -0.4 is 10.6 Å². The fourth-order valence-electron chi connectivity index (χ4n) is 3.55. The van der Waals surface area contributed by atoms with E-state index in [1.165, 1.54) is 5.56 Å². The summed E-state index contributed by atoms with van der Waals surface area (Å²) in [5, 5.41) is 11.8. The molecule has 3 aromatic rings. The lowest BCUT2D eigenvalue weighted by Gasteiger charge is -2.25. The zero-order valence-corrected chi connectivity index (χ0v) is 20.5. The Morgan fingerprint density at radius 2 is 2.06 bits per heavy atom. The number of hydrogen-bond donors (Lipinski definition) is 2. The molecule has 166 valence electrons. The van der Waals surface area contributed by atoms with Crippen LogP contribution in [0.25, 0.3) is 0 Å². The third-order valence-corrected chi connectivity index (χ3v) is 5.24. The van der Waals surface area contributed by atoms with Crippen LogP contribution in [0.15, 0.2) is 58.1 Å². The molecule has 0 bridgehead atoms. The molecule has 8 heteroatoms. The Hall–Kier alpha value is -2.36. The van der Waals surface area contributed by atoms with E-state index in [4.69, 9.17) is 14.5 Å². The average Bonchev–Trinajstić information content (AvgIpc) is 3.42. The van der Waals surface area contributed by atoms with E-state index >= 15 is 0 Å². The molecule has 2 aromatic heterocycles. The molecule has 4 rings (SSSR count). The van der Waals surface area contributed by atoms with Crippen LogP contribution in [-0.2, 0) is 25.9 Å². The van der Waals surface area contributed by atoms with Crippen LogP contribution >= 0.6 is 24.0 Å². The molecule has 1 aliphatic heterocycles. The maximum atomic E-state index is 5.44. The highest BCUT2D eigenvalue weighted by atomic mass is 127. The summed E-state index contributed by atoms with van der Waals surface area (Å²) in [6.45, 7) is 6.46. The van der Waals surface area contributed by atoms with Gasteiger partial charge in [-0.25, -0.2) is 14.7 Å². The van der Waals surface area contributed by atoms with Crippen molar-refractivity contribution in [3.63, 3.8) is 0 Å². The number of aliphatic imine (C=N–C) groups is 1. The number of rotatable bonds is 7. The summed E-state index contributed by atoms with van der Waals surface area (Å²) in [6.07, 6.45) is 4.46. The molecule has 0 spiro atoms. The Morgan fingerprint density at radius 3 is 2.81 bits per heavy atom. The van der Waals surface area contributed by atoms with E-state index in [0.717, 1.165) is 55.7 Å². The predicted octanol–water partition coefficient (Wildman–Crippen LogP) is 3.91. The predicted molar refractivity (Wildman–Crippen MR) is 133 cm³/mol. The highest BCUT2D eigenvalue weighted by Gasteiger charge is 2.23. The number of aromatic nitrogens is 3. The van der Waals surface area contributed by atoms with Crippen molar-refractivity contribution in [1.82, 2.24) is 25.4 Å². The zero-order chi connectivity index (χ0) is 20.8. The van der Waals surface area contributed by atoms with E-state index in [-0.39, 0.29) is 30.0 Å². The second-order valence-corrected chi connectivity index (χ2v) is 8.01. The summed E-state index contributed by atoms with van der Waals surface area (Å²) < 4.78 is 7.49. The fourth-order valence-corrected chi connectivity index (χ4v) is 3.55. The largest absolute Gasteiger partial charge is 0.469 e. The molecule has 7 nitrogen and oxygen atoms in total. The third-order valence-electron chi connectivity index (χ3n) is 5.24. The summed E-state index contributed by atoms with van der Waals surface area (Å²) in [7, 11) is 0. The molecule has 0 saturated heterocycles. The van der Waals surface area contributed by atoms with Gasteiger partial charge in [-0.2, -0.15) is 5.10 Å². The van der Waals surface area contributed by atoms with E-state index in [1.54, 1.807) is 6.26 Å². The van der Waals surface area contributed by atoms with Gasteiger partial charge in [0.1, 0.15) is 11.6 Å². The molecule has 3 heterocycles. The van der Waals surface area contributed by atoms with Gasteiger partial charge in [0.05, 0.1) is 19.4 Å². The van der Waals surface area contributed by atoms with Gasteiger partial charge in [0.25, 0.3) is 0 Å². The Labute approximate surface area is 200 Å². The topological polar surface area (TPSA) is 80.3 Å². The number of nitrogens with zero attached hydrogens (tertiary/aromatic N) is 4. The van der Waals surface area contributed by atoms with Crippen molar-refractivity contribution < 1.29 is 4.42 Å². The highest BCUT2D eigenvalue weighted by molar-refractivity contribution is 14.0. The minimum Gasteiger partial charge on any atom is -0.469 e. The smallest absolute Gasteiger partial charge is 0.191 e. The maximum absolute atomic E-state index is 5.44. The van der Waals surface area contributed by atoms with E-state index < -0.39 is 0 Å². The van der Waals surface area contributed by atoms with Crippen molar-refractivity contribution in [3.05, 3.63) is 71.7 Å². The van der Waals surface area contributed by atoms with Gasteiger partial charge < -0.3 is 15.1 Å². The number of benzene rings is 1. The minimum atomic E-state index is 0. The van der Waals surface area contributed by atoms with Crippen LogP contribution in [0, 0.1) is 0 Å². The van der Waals surface area contributed by atoms with Crippen LogP contribution in [-0.4, -0.2) is 33.3 Å². The lowest BCUT2D eigenvalue weighted by atomic mass is 10.1. The first-order valence-electron chi connectivity index (χ1n) is 10.7. The number of halogens is 1. The lowest BCUT2D eigenvalue weighted by molar-refractivity contribution is 0.391. The Bertz CT molecular complexity index is 952. The van der Waals surface area contributed by atoms with Crippen molar-refractivity contribution in [2.45, 2.75) is 58.2 Å². The standard InChI is InChI=1S/C23H30N6O.HI/c1-17(2)22-27-21-11-10-19(16-29(21)28-22)26-23(24-13-12-20-9-6-14-30-20)25-15-18-7-4-3-5-8-18;/h3-9,14,17,19H,10-13,15-16H2,1-2H3,(H2,24,25,26);1H. The monoisotopic (exact) mass is 534 g/mol. The van der Waals surface area contributed by atoms with Gasteiger partial charge in [0, 0.05) is 31.3 Å². The van der Waals surface area contributed by atoms with Gasteiger partial charge in [-0.05, 0) is 24.1 Å². The van der Waals surface area contributed by atoms with Gasteiger partial charge in [0.15, 0.2) is 11.8 Å². The summed E-state index contributed by atoms with van der Waals surface area (Å²) in [6, 6.07) is 14.5. The quantitative estimate of drug-likeness (QED) is 0.273. The number of guanidine groups is 1. The van der Waals surface area contributed by atoms with Gasteiger partial charge in [-0.15, -0.1) is 24.0 Å². The van der Waals surface area contributed by atoms with Crippen molar-refractivity contribution in [2.75, 3.05) is 6.54 Å². The van der Waals surface area contributed by atoms with Gasteiger partial charge >= 0.3 is 0 Å². The van der Waals surface area contributed by atoms with E-state index in [9.17, 15) is 0 Å². The van der Waals surface area contributed by atoms with Crippen molar-refractivity contribution >= 4 is 29.9 Å². The van der Waals surface area contributed by atoms with Crippen LogP contribution in [0.1, 0.15) is 49.2 Å². The van der Waals surface area contributed by atoms with Crippen molar-refractivity contribution in [2.24, 2.45) is 4.99 Å². The SMILES string of the molecule is CC(C)c1nc2n(n1)CC(NC(=NCc1ccccc1)NCCc1ccco1)CC2.I. The van der Waals surface area contributed by atoms with E-state index in [2.05, 4.69) is 41.6 Å². The van der Waals surface area contributed by atoms with Gasteiger partial charge in [-0.1, -0.05) is 44.2 Å². The molecule has 1 aromatic carbocycles. The Balaban J connectivity index is 0.00000272. The summed E-state index contributed by atoms with van der Waals surface area (Å²) in [5.74, 6) is 4.16. The van der Waals surface area contributed by atoms with Crippen LogP contribution in [0.5, 0.6) is 0 Å². The number of furan rings is 1. The lowest BCUT2D eigenvalue weighted by Crippen LogP contribution is -2.47. The summed E-state index contributed by atoms with van der Waals surface area (Å²) >= 11 is 0. The second-order valence-electron chi connectivity index (χ2n) is 8.01. The molecule has 1 aliphatic rings. The molecular formula is C23H31IN6O. The van der Waals surface area contributed by atoms with Crippen molar-refractivity contribution in [1.29, 1.82) is 0 Å². The second kappa shape index (κ2) is 11.3. The maximum Gasteiger partial charge on any atom is 0.191 e. The molecular weight excluding hydrogens is 503 g/mol. The Kier molecular flexibility index (Phi) is 8.51. The summed E-state index contributed by atoms with van der Waals surface area (Å²) in [5.41, 5.74) is 1.19. The molecule has 31 heavy (non-hydrogen) atoms. The molecule has 0 saturated carbocycles. The molecule has 0 fully saturated rings. The van der Waals surface area contributed by atoms with Crippen LogP contribution in [0.4, 0.5) is 0 Å². The first kappa shape index (κ1) is 23.3. The zero-order valence-electron chi connectivity index (χ0n) is 18.1. The number of fused-ring (bicyclic) bond motifs is 1. The highest BCUT2D eigenvalue weighted by Crippen LogP contribution is 2.17. The van der Waals surface area contributed by atoms with E-state index in [1.807, 2.05) is 35.0 Å². The van der Waals surface area contributed by atoms with E-state index in [0.29, 0.717) is 12.5 Å². The average molecular weight is 534 g/mol. The number of nitrogens with one attached hydrogen (secondary N) is 2. The number of hydrogen-bond acceptors (Lipinski definition) is 4. The van der Waals surface area contributed by atoms with Crippen molar-refractivity contribution in [3.8, 4) is 0 Å². The molecule has 0 radical (unpaired) electrons. The fraction of sp³-hybridized carbons (Fsp3) is 0.435. The summed E-state index contributed by atoms with van der Waals surface area (Å²) in [4.78, 5) is 9.50. The minimum absolute atomic E-state index is 0. The van der Waals surface area contributed by atoms with Gasteiger partial charge in [0.2, 0.25) is 0 Å². The molecule has 1 atom stereocenters. The number of aryl methyl sites for hydroxylation is 1. The Morgan fingerprint density at radius 1 is 1.23 bits per heavy atom. The van der Waals surface area contributed by atoms with Crippen LogP contribution in [0.2, 0.25) is 0 Å².